The summed E-state index contributed by atoms with van der Waals surface area (Å²) in [5.41, 5.74) is 26.3. The van der Waals surface area contributed by atoms with Crippen molar-refractivity contribution < 1.29 is 9.47 Å². The molecule has 0 atom stereocenters. The molecule has 3 rings (SSSR count). The molecule has 0 bridgehead atoms. The highest BCUT2D eigenvalue weighted by Crippen LogP contribution is 2.34. The summed E-state index contributed by atoms with van der Waals surface area (Å²) >= 11 is 0. The van der Waals surface area contributed by atoms with Crippen molar-refractivity contribution in [3.8, 4) is 23.0 Å². The summed E-state index contributed by atoms with van der Waals surface area (Å²) in [4.78, 5) is 0. The van der Waals surface area contributed by atoms with Crippen molar-refractivity contribution in [1.82, 2.24) is 0 Å². The molecule has 0 saturated heterocycles. The van der Waals surface area contributed by atoms with E-state index in [9.17, 15) is 0 Å². The van der Waals surface area contributed by atoms with Gasteiger partial charge in [0.1, 0.15) is 23.0 Å². The highest BCUT2D eigenvalue weighted by molar-refractivity contribution is 5.63. The highest BCUT2D eigenvalue weighted by Gasteiger charge is 2.08. The third-order valence-corrected chi connectivity index (χ3v) is 3.66. The Kier molecular flexibility index (Phi) is 4.26. The summed E-state index contributed by atoms with van der Waals surface area (Å²) in [6, 6.07) is 15.7. The zero-order valence-corrected chi connectivity index (χ0v) is 13.8. The summed E-state index contributed by atoms with van der Waals surface area (Å²) in [7, 11) is 0. The van der Waals surface area contributed by atoms with Gasteiger partial charge >= 0.3 is 0 Å². The van der Waals surface area contributed by atoms with Gasteiger partial charge in [0.2, 0.25) is 0 Å². The Hall–Kier alpha value is -3.54. The molecule has 0 aliphatic rings. The molecule has 3 aromatic carbocycles. The van der Waals surface area contributed by atoms with Crippen molar-refractivity contribution in [2.75, 3.05) is 22.9 Å². The van der Waals surface area contributed by atoms with Gasteiger partial charge in [-0.25, -0.2) is 0 Å². The second kappa shape index (κ2) is 6.52. The second-order valence-corrected chi connectivity index (χ2v) is 5.73. The Morgan fingerprint density at radius 2 is 1.12 bits per heavy atom. The summed E-state index contributed by atoms with van der Waals surface area (Å²) in [5, 5.41) is 0. The first-order valence-electron chi connectivity index (χ1n) is 7.69. The zero-order valence-electron chi connectivity index (χ0n) is 13.8. The van der Waals surface area contributed by atoms with Crippen molar-refractivity contribution in [3.63, 3.8) is 0 Å². The van der Waals surface area contributed by atoms with E-state index in [-0.39, 0.29) is 0 Å². The number of ether oxygens (including phenoxy) is 2. The minimum absolute atomic E-state index is 0.479. The van der Waals surface area contributed by atoms with E-state index in [1.807, 2.05) is 19.1 Å². The fraction of sp³-hybridized carbons (Fsp3) is 0.0526. The summed E-state index contributed by atoms with van der Waals surface area (Å²) in [6.07, 6.45) is 0. The number of nitrogen functional groups attached to an aromatic ring is 4. The molecule has 128 valence electrons. The Morgan fingerprint density at radius 3 is 1.64 bits per heavy atom. The van der Waals surface area contributed by atoms with Crippen LogP contribution >= 0.6 is 0 Å². The molecule has 8 N–H and O–H groups in total. The van der Waals surface area contributed by atoms with Crippen LogP contribution in [-0.2, 0) is 0 Å². The molecule has 0 aliphatic heterocycles. The van der Waals surface area contributed by atoms with Gasteiger partial charge in [-0.05, 0) is 67.1 Å². The maximum Gasteiger partial charge on any atom is 0.150 e. The normalized spacial score (nSPS) is 10.4. The lowest BCUT2D eigenvalue weighted by atomic mass is 10.2. The third kappa shape index (κ3) is 3.69. The monoisotopic (exact) mass is 336 g/mol. The van der Waals surface area contributed by atoms with Gasteiger partial charge in [0.15, 0.2) is 0 Å². The molecule has 0 spiro atoms. The van der Waals surface area contributed by atoms with E-state index in [4.69, 9.17) is 32.4 Å². The number of anilines is 4. The first kappa shape index (κ1) is 16.3. The van der Waals surface area contributed by atoms with Crippen LogP contribution in [0.15, 0.2) is 54.6 Å². The Balaban J connectivity index is 1.80. The number of aryl methyl sites for hydroxylation is 1. The minimum atomic E-state index is 0.479. The number of hydrogen-bond donors (Lipinski definition) is 4. The SMILES string of the molecule is Cc1cc(Oc2ccc(N)cc2N)ccc1Oc1ccc(N)cc1N. The van der Waals surface area contributed by atoms with Crippen LogP contribution in [0.3, 0.4) is 0 Å². The van der Waals surface area contributed by atoms with E-state index in [0.717, 1.165) is 5.56 Å². The van der Waals surface area contributed by atoms with Gasteiger partial charge < -0.3 is 32.4 Å². The van der Waals surface area contributed by atoms with Gasteiger partial charge in [0.05, 0.1) is 11.4 Å². The lowest BCUT2D eigenvalue weighted by molar-refractivity contribution is 0.468. The lowest BCUT2D eigenvalue weighted by Gasteiger charge is -2.13. The van der Waals surface area contributed by atoms with Crippen molar-refractivity contribution in [1.29, 1.82) is 0 Å². The van der Waals surface area contributed by atoms with Crippen LogP contribution < -0.4 is 32.4 Å². The fourth-order valence-corrected chi connectivity index (χ4v) is 2.37. The molecule has 6 nitrogen and oxygen atoms in total. The topological polar surface area (TPSA) is 123 Å². The van der Waals surface area contributed by atoms with Gasteiger partial charge in [0.25, 0.3) is 0 Å². The van der Waals surface area contributed by atoms with Crippen molar-refractivity contribution >= 4 is 22.7 Å². The molecule has 6 heteroatoms. The van der Waals surface area contributed by atoms with Gasteiger partial charge in [-0.15, -0.1) is 0 Å². The van der Waals surface area contributed by atoms with Crippen LogP contribution in [0.2, 0.25) is 0 Å². The average molecular weight is 336 g/mol. The van der Waals surface area contributed by atoms with Crippen molar-refractivity contribution in [2.24, 2.45) is 0 Å². The van der Waals surface area contributed by atoms with Crippen LogP contribution in [0, 0.1) is 6.92 Å². The molecule has 0 aliphatic carbocycles. The molecule has 0 unspecified atom stereocenters. The first-order valence-corrected chi connectivity index (χ1v) is 7.69. The zero-order chi connectivity index (χ0) is 18.0. The molecule has 0 amide bonds. The molecule has 0 saturated carbocycles. The largest absolute Gasteiger partial charge is 0.455 e. The molecule has 0 radical (unpaired) electrons. The van der Waals surface area contributed by atoms with Crippen LogP contribution in [0.1, 0.15) is 5.56 Å². The number of nitrogens with two attached hydrogens (primary N) is 4. The number of rotatable bonds is 4. The predicted octanol–water partition coefficient (Wildman–Crippen LogP) is 3.91. The van der Waals surface area contributed by atoms with E-state index in [0.29, 0.717) is 45.7 Å². The van der Waals surface area contributed by atoms with E-state index in [1.165, 1.54) is 0 Å². The maximum absolute atomic E-state index is 5.93. The maximum atomic E-state index is 5.93. The van der Waals surface area contributed by atoms with Gasteiger partial charge in [-0.2, -0.15) is 0 Å². The predicted molar refractivity (Wildman–Crippen MR) is 102 cm³/mol. The molecule has 25 heavy (non-hydrogen) atoms. The van der Waals surface area contributed by atoms with Crippen LogP contribution in [0.25, 0.3) is 0 Å². The van der Waals surface area contributed by atoms with Crippen molar-refractivity contribution in [3.05, 3.63) is 60.2 Å². The first-order chi connectivity index (χ1) is 11.9. The Morgan fingerprint density at radius 1 is 0.600 bits per heavy atom. The van der Waals surface area contributed by atoms with Crippen LogP contribution in [0.4, 0.5) is 22.7 Å². The van der Waals surface area contributed by atoms with Crippen LogP contribution in [0.5, 0.6) is 23.0 Å². The summed E-state index contributed by atoms with van der Waals surface area (Å²) < 4.78 is 11.7. The van der Waals surface area contributed by atoms with E-state index in [2.05, 4.69) is 0 Å². The lowest BCUT2D eigenvalue weighted by Crippen LogP contribution is -1.96. The van der Waals surface area contributed by atoms with E-state index < -0.39 is 0 Å². The molecule has 0 aromatic heterocycles. The third-order valence-electron chi connectivity index (χ3n) is 3.66. The van der Waals surface area contributed by atoms with E-state index >= 15 is 0 Å². The summed E-state index contributed by atoms with van der Waals surface area (Å²) in [5.74, 6) is 2.42. The molecule has 3 aromatic rings. The molecule has 0 fully saturated rings. The Bertz CT molecular complexity index is 925. The molecular formula is C19H20N4O2. The highest BCUT2D eigenvalue weighted by atomic mass is 16.5. The van der Waals surface area contributed by atoms with Crippen molar-refractivity contribution in [2.45, 2.75) is 6.92 Å². The fourth-order valence-electron chi connectivity index (χ4n) is 2.37. The summed E-state index contributed by atoms with van der Waals surface area (Å²) in [6.45, 7) is 1.92. The number of benzene rings is 3. The quantitative estimate of drug-likeness (QED) is 0.536. The van der Waals surface area contributed by atoms with Crippen LogP contribution in [-0.4, -0.2) is 0 Å². The second-order valence-electron chi connectivity index (χ2n) is 5.73. The van der Waals surface area contributed by atoms with Gasteiger partial charge in [-0.3, -0.25) is 0 Å². The smallest absolute Gasteiger partial charge is 0.150 e. The Labute approximate surface area is 145 Å². The average Bonchev–Trinajstić information content (AvgIpc) is 2.55. The van der Waals surface area contributed by atoms with Gasteiger partial charge in [-0.1, -0.05) is 0 Å². The molecular weight excluding hydrogens is 316 g/mol. The minimum Gasteiger partial charge on any atom is -0.455 e. The van der Waals surface area contributed by atoms with Gasteiger partial charge in [0, 0.05) is 11.4 Å². The molecule has 0 heterocycles. The van der Waals surface area contributed by atoms with E-state index in [1.54, 1.807) is 42.5 Å². The standard InChI is InChI=1S/C19H20N4O2/c1-11-8-14(24-18-5-2-12(20)9-15(18)22)4-7-17(11)25-19-6-3-13(21)10-16(19)23/h2-10H,20-23H2,1H3. The number of hydrogen-bond acceptors (Lipinski definition) is 6.